The first-order valence-electron chi connectivity index (χ1n) is 4.04. The maximum Gasteiger partial charge on any atom is 0.306 e. The van der Waals surface area contributed by atoms with E-state index in [1.807, 2.05) is 0 Å². The van der Waals surface area contributed by atoms with Crippen molar-refractivity contribution in [2.75, 3.05) is 7.11 Å². The smallest absolute Gasteiger partial charge is 0.306 e. The van der Waals surface area contributed by atoms with Crippen molar-refractivity contribution < 1.29 is 19.1 Å². The zero-order chi connectivity index (χ0) is 9.84. The molecule has 1 atom stereocenters. The van der Waals surface area contributed by atoms with Crippen LogP contribution >= 0.6 is 0 Å². The first kappa shape index (κ1) is 9.70. The highest BCUT2D eigenvalue weighted by molar-refractivity contribution is 5.99. The zero-order valence-electron chi connectivity index (χ0n) is 7.33. The van der Waals surface area contributed by atoms with Crippen molar-refractivity contribution in [3.8, 4) is 0 Å². The first-order valence-corrected chi connectivity index (χ1v) is 4.04. The number of carbonyl (C=O) groups excluding carboxylic acids is 3. The Balaban J connectivity index is 2.47. The Labute approximate surface area is 75.4 Å². The topological polar surface area (TPSA) is 72.5 Å². The first-order chi connectivity index (χ1) is 6.13. The van der Waals surface area contributed by atoms with Gasteiger partial charge in [-0.2, -0.15) is 0 Å². The van der Waals surface area contributed by atoms with Gasteiger partial charge in [0.05, 0.1) is 13.5 Å². The molecule has 1 aliphatic heterocycles. The number of hydrogen-bond acceptors (Lipinski definition) is 4. The van der Waals surface area contributed by atoms with E-state index in [0.29, 0.717) is 12.8 Å². The zero-order valence-corrected chi connectivity index (χ0v) is 7.33. The van der Waals surface area contributed by atoms with E-state index in [0.717, 1.165) is 0 Å². The molecule has 0 aliphatic carbocycles. The second-order valence-corrected chi connectivity index (χ2v) is 2.93. The van der Waals surface area contributed by atoms with Gasteiger partial charge < -0.3 is 4.74 Å². The van der Waals surface area contributed by atoms with Gasteiger partial charge >= 0.3 is 5.97 Å². The van der Waals surface area contributed by atoms with E-state index in [4.69, 9.17) is 0 Å². The van der Waals surface area contributed by atoms with Gasteiger partial charge in [0.25, 0.3) is 0 Å². The summed E-state index contributed by atoms with van der Waals surface area (Å²) in [6, 6.07) is 0. The fourth-order valence-corrected chi connectivity index (χ4v) is 1.22. The summed E-state index contributed by atoms with van der Waals surface area (Å²) >= 11 is 0. The largest absolute Gasteiger partial charge is 0.469 e. The molecule has 0 aromatic rings. The minimum atomic E-state index is -0.422. The normalized spacial score (nSPS) is 22.4. The second kappa shape index (κ2) is 4.02. The molecule has 0 bridgehead atoms. The van der Waals surface area contributed by atoms with E-state index >= 15 is 0 Å². The minimum absolute atomic E-state index is 0.0512. The molecule has 0 spiro atoms. The average molecular weight is 185 g/mol. The van der Waals surface area contributed by atoms with Gasteiger partial charge in [-0.05, 0) is 6.42 Å². The molecule has 5 heteroatoms. The molecule has 1 unspecified atom stereocenters. The van der Waals surface area contributed by atoms with Crippen LogP contribution in [0, 0.1) is 5.92 Å². The van der Waals surface area contributed by atoms with Gasteiger partial charge in [0, 0.05) is 12.3 Å². The van der Waals surface area contributed by atoms with Crippen LogP contribution in [0.25, 0.3) is 0 Å². The number of esters is 1. The molecule has 2 amide bonds. The van der Waals surface area contributed by atoms with Crippen molar-refractivity contribution in [1.82, 2.24) is 5.32 Å². The predicted molar refractivity (Wildman–Crippen MR) is 42.5 cm³/mol. The maximum atomic E-state index is 11.1. The number of amides is 2. The lowest BCUT2D eigenvalue weighted by molar-refractivity contribution is -0.146. The molecule has 1 saturated heterocycles. The summed E-state index contributed by atoms with van der Waals surface area (Å²) in [6.07, 6.45) is 0.781. The van der Waals surface area contributed by atoms with Gasteiger partial charge in [0.2, 0.25) is 11.8 Å². The van der Waals surface area contributed by atoms with E-state index in [1.165, 1.54) is 7.11 Å². The van der Waals surface area contributed by atoms with E-state index in [9.17, 15) is 14.4 Å². The molecular formula is C8H11NO4. The summed E-state index contributed by atoms with van der Waals surface area (Å²) in [5, 5.41) is 2.17. The molecule has 5 nitrogen and oxygen atoms in total. The number of rotatable bonds is 2. The average Bonchev–Trinajstić information content (AvgIpc) is 2.09. The Bertz CT molecular complexity index is 249. The van der Waals surface area contributed by atoms with Crippen molar-refractivity contribution in [2.45, 2.75) is 19.3 Å². The molecule has 0 saturated carbocycles. The van der Waals surface area contributed by atoms with Crippen LogP contribution in [-0.2, 0) is 19.1 Å². The summed E-state index contributed by atoms with van der Waals surface area (Å²) < 4.78 is 4.42. The molecule has 1 fully saturated rings. The Kier molecular flexibility index (Phi) is 3.00. The van der Waals surface area contributed by atoms with E-state index in [1.54, 1.807) is 0 Å². The molecule has 1 heterocycles. The lowest BCUT2D eigenvalue weighted by atomic mass is 9.95. The highest BCUT2D eigenvalue weighted by Gasteiger charge is 2.28. The third-order valence-electron chi connectivity index (χ3n) is 1.99. The number of hydrogen-bond donors (Lipinski definition) is 1. The number of methoxy groups -OCH3 is 1. The van der Waals surface area contributed by atoms with Gasteiger partial charge in [-0.15, -0.1) is 0 Å². The summed E-state index contributed by atoms with van der Waals surface area (Å²) in [5.41, 5.74) is 0. The number of ether oxygens (including phenoxy) is 1. The highest BCUT2D eigenvalue weighted by Crippen LogP contribution is 2.16. The van der Waals surface area contributed by atoms with Crippen LogP contribution < -0.4 is 5.32 Å². The van der Waals surface area contributed by atoms with Crippen LogP contribution in [0.5, 0.6) is 0 Å². The SMILES string of the molecule is COC(=O)CC1CCC(=O)NC1=O. The quantitative estimate of drug-likeness (QED) is 0.469. The molecule has 0 aromatic carbocycles. The van der Waals surface area contributed by atoms with Crippen molar-refractivity contribution >= 4 is 17.8 Å². The standard InChI is InChI=1S/C8H11NO4/c1-13-7(11)4-5-2-3-6(10)9-8(5)12/h5H,2-4H2,1H3,(H,9,10,12). The fraction of sp³-hybridized carbons (Fsp3) is 0.625. The Morgan fingerprint density at radius 1 is 1.62 bits per heavy atom. The molecule has 1 aliphatic rings. The summed E-state index contributed by atoms with van der Waals surface area (Å²) in [6.45, 7) is 0. The third kappa shape index (κ3) is 2.54. The van der Waals surface area contributed by atoms with Crippen LogP contribution in [0.1, 0.15) is 19.3 Å². The summed E-state index contributed by atoms with van der Waals surface area (Å²) in [5.74, 6) is -1.48. The Morgan fingerprint density at radius 3 is 2.85 bits per heavy atom. The molecular weight excluding hydrogens is 174 g/mol. The monoisotopic (exact) mass is 185 g/mol. The molecule has 13 heavy (non-hydrogen) atoms. The Morgan fingerprint density at radius 2 is 2.31 bits per heavy atom. The molecule has 72 valence electrons. The van der Waals surface area contributed by atoms with Crippen LogP contribution in [0.2, 0.25) is 0 Å². The van der Waals surface area contributed by atoms with Gasteiger partial charge in [-0.1, -0.05) is 0 Å². The lowest BCUT2D eigenvalue weighted by Gasteiger charge is -2.19. The summed E-state index contributed by atoms with van der Waals surface area (Å²) in [4.78, 5) is 32.7. The van der Waals surface area contributed by atoms with Crippen molar-refractivity contribution in [2.24, 2.45) is 5.92 Å². The van der Waals surface area contributed by atoms with E-state index in [-0.39, 0.29) is 18.2 Å². The highest BCUT2D eigenvalue weighted by atomic mass is 16.5. The minimum Gasteiger partial charge on any atom is -0.469 e. The van der Waals surface area contributed by atoms with Gasteiger partial charge in [-0.3, -0.25) is 19.7 Å². The second-order valence-electron chi connectivity index (χ2n) is 2.93. The number of imide groups is 1. The summed E-state index contributed by atoms with van der Waals surface area (Å²) in [7, 11) is 1.27. The van der Waals surface area contributed by atoms with E-state index < -0.39 is 11.9 Å². The molecule has 0 radical (unpaired) electrons. The lowest BCUT2D eigenvalue weighted by Crippen LogP contribution is -2.41. The van der Waals surface area contributed by atoms with Gasteiger partial charge in [0.1, 0.15) is 0 Å². The van der Waals surface area contributed by atoms with Gasteiger partial charge in [0.15, 0.2) is 0 Å². The van der Waals surface area contributed by atoms with Crippen LogP contribution in [0.15, 0.2) is 0 Å². The van der Waals surface area contributed by atoms with Crippen LogP contribution in [0.3, 0.4) is 0 Å². The van der Waals surface area contributed by atoms with Crippen LogP contribution in [0.4, 0.5) is 0 Å². The van der Waals surface area contributed by atoms with E-state index in [2.05, 4.69) is 10.1 Å². The Hall–Kier alpha value is -1.39. The maximum absolute atomic E-state index is 11.1. The number of nitrogens with one attached hydrogen (secondary N) is 1. The molecule has 1 rings (SSSR count). The predicted octanol–water partition coefficient (Wildman–Crippen LogP) is -0.398. The van der Waals surface area contributed by atoms with Crippen LogP contribution in [-0.4, -0.2) is 24.9 Å². The van der Waals surface area contributed by atoms with Crippen molar-refractivity contribution in [3.63, 3.8) is 0 Å². The third-order valence-corrected chi connectivity index (χ3v) is 1.99. The number of carbonyl (C=O) groups is 3. The number of piperidine rings is 1. The van der Waals surface area contributed by atoms with Crippen molar-refractivity contribution in [3.05, 3.63) is 0 Å². The fourth-order valence-electron chi connectivity index (χ4n) is 1.22. The molecule has 0 aromatic heterocycles. The van der Waals surface area contributed by atoms with Gasteiger partial charge in [-0.25, -0.2) is 0 Å². The van der Waals surface area contributed by atoms with Crippen molar-refractivity contribution in [1.29, 1.82) is 0 Å². The molecule has 1 N–H and O–H groups in total.